The van der Waals surface area contributed by atoms with Gasteiger partial charge in [0.2, 0.25) is 10.0 Å². The lowest BCUT2D eigenvalue weighted by Crippen LogP contribution is -2.15. The van der Waals surface area contributed by atoms with E-state index in [1.54, 1.807) is 12.1 Å². The van der Waals surface area contributed by atoms with E-state index in [0.717, 1.165) is 4.47 Å². The molecule has 0 aliphatic carbocycles. The van der Waals surface area contributed by atoms with Crippen LogP contribution in [0.25, 0.3) is 0 Å². The molecular formula is C12H9Br2N3O3S. The summed E-state index contributed by atoms with van der Waals surface area (Å²) in [7, 11) is -3.81. The minimum Gasteiger partial charge on any atom is -0.321 e. The van der Waals surface area contributed by atoms with Crippen LogP contribution in [0.4, 0.5) is 5.69 Å². The number of nitrogens with one attached hydrogen (secondary N) is 1. The third-order valence-corrected chi connectivity index (χ3v) is 4.81. The first-order valence-electron chi connectivity index (χ1n) is 5.52. The van der Waals surface area contributed by atoms with Crippen molar-refractivity contribution < 1.29 is 13.2 Å². The Balaban J connectivity index is 2.22. The number of amides is 1. The van der Waals surface area contributed by atoms with E-state index in [-0.39, 0.29) is 15.1 Å². The number of halogens is 2. The van der Waals surface area contributed by atoms with E-state index in [1.807, 2.05) is 0 Å². The molecule has 0 bridgehead atoms. The smallest absolute Gasteiger partial charge is 0.274 e. The Morgan fingerprint density at radius 1 is 1.19 bits per heavy atom. The molecule has 0 unspecified atom stereocenters. The van der Waals surface area contributed by atoms with Gasteiger partial charge in [-0.3, -0.25) is 4.79 Å². The molecule has 0 atom stereocenters. The second-order valence-electron chi connectivity index (χ2n) is 4.01. The standard InChI is InChI=1S/C12H9Br2N3O3S/c13-7-1-3-10(16-6-7)12(18)17-8-2-4-11(9(14)5-8)21(15,19)20/h1-6H,(H,17,18)(H2,15,19,20). The molecule has 110 valence electrons. The summed E-state index contributed by atoms with van der Waals surface area (Å²) < 4.78 is 23.6. The van der Waals surface area contributed by atoms with E-state index in [4.69, 9.17) is 5.14 Å². The third-order valence-electron chi connectivity index (χ3n) is 2.46. The molecule has 0 radical (unpaired) electrons. The molecule has 1 heterocycles. The topological polar surface area (TPSA) is 102 Å². The molecular weight excluding hydrogens is 426 g/mol. The first kappa shape index (κ1) is 16.1. The zero-order valence-corrected chi connectivity index (χ0v) is 14.4. The van der Waals surface area contributed by atoms with Crippen LogP contribution in [-0.2, 0) is 10.0 Å². The molecule has 3 N–H and O–H groups in total. The van der Waals surface area contributed by atoms with Gasteiger partial charge in [0.25, 0.3) is 5.91 Å². The molecule has 1 aromatic carbocycles. The van der Waals surface area contributed by atoms with Gasteiger partial charge < -0.3 is 5.32 Å². The van der Waals surface area contributed by atoms with E-state index in [2.05, 4.69) is 42.2 Å². The van der Waals surface area contributed by atoms with E-state index >= 15 is 0 Å². The molecule has 0 saturated heterocycles. The van der Waals surface area contributed by atoms with Crippen LogP contribution in [0.1, 0.15) is 10.5 Å². The molecule has 0 fully saturated rings. The van der Waals surface area contributed by atoms with Gasteiger partial charge in [-0.25, -0.2) is 18.5 Å². The number of primary sulfonamides is 1. The number of carbonyl (C=O) groups is 1. The molecule has 6 nitrogen and oxygen atoms in total. The number of carbonyl (C=O) groups excluding carboxylic acids is 1. The average Bonchev–Trinajstić information content (AvgIpc) is 2.37. The average molecular weight is 435 g/mol. The largest absolute Gasteiger partial charge is 0.321 e. The van der Waals surface area contributed by atoms with Gasteiger partial charge in [-0.05, 0) is 62.2 Å². The number of nitrogens with zero attached hydrogens (tertiary/aromatic N) is 1. The lowest BCUT2D eigenvalue weighted by Gasteiger charge is -2.07. The van der Waals surface area contributed by atoms with Crippen LogP contribution in [-0.4, -0.2) is 19.3 Å². The van der Waals surface area contributed by atoms with E-state index in [9.17, 15) is 13.2 Å². The highest BCUT2D eigenvalue weighted by atomic mass is 79.9. The fraction of sp³-hybridized carbons (Fsp3) is 0. The third kappa shape index (κ3) is 4.10. The van der Waals surface area contributed by atoms with Gasteiger partial charge in [0.1, 0.15) is 5.69 Å². The molecule has 9 heteroatoms. The highest BCUT2D eigenvalue weighted by Gasteiger charge is 2.14. The Morgan fingerprint density at radius 2 is 1.90 bits per heavy atom. The molecule has 1 amide bonds. The first-order chi connectivity index (χ1) is 9.77. The van der Waals surface area contributed by atoms with Crippen molar-refractivity contribution in [3.05, 3.63) is 51.2 Å². The summed E-state index contributed by atoms with van der Waals surface area (Å²) in [6.07, 6.45) is 1.51. The van der Waals surface area contributed by atoms with Crippen LogP contribution < -0.4 is 10.5 Å². The monoisotopic (exact) mass is 433 g/mol. The molecule has 21 heavy (non-hydrogen) atoms. The molecule has 0 aliphatic heterocycles. The van der Waals surface area contributed by atoms with Crippen LogP contribution in [0.3, 0.4) is 0 Å². The van der Waals surface area contributed by atoms with Crippen molar-refractivity contribution in [3.8, 4) is 0 Å². The predicted molar refractivity (Wildman–Crippen MR) is 85.4 cm³/mol. The maximum atomic E-state index is 12.0. The van der Waals surface area contributed by atoms with Crippen molar-refractivity contribution in [2.75, 3.05) is 5.32 Å². The van der Waals surface area contributed by atoms with Crippen molar-refractivity contribution >= 4 is 53.5 Å². The minimum atomic E-state index is -3.81. The van der Waals surface area contributed by atoms with Crippen molar-refractivity contribution in [2.24, 2.45) is 5.14 Å². The van der Waals surface area contributed by atoms with Crippen LogP contribution >= 0.6 is 31.9 Å². The zero-order chi connectivity index (χ0) is 15.6. The lowest BCUT2D eigenvalue weighted by atomic mass is 10.3. The molecule has 0 spiro atoms. The number of nitrogens with two attached hydrogens (primary N) is 1. The second kappa shape index (κ2) is 6.22. The van der Waals surface area contributed by atoms with Crippen molar-refractivity contribution in [1.82, 2.24) is 4.98 Å². The van der Waals surface area contributed by atoms with Gasteiger partial charge in [-0.1, -0.05) is 0 Å². The molecule has 1 aromatic heterocycles. The molecule has 0 aliphatic rings. The molecule has 2 rings (SSSR count). The number of hydrogen-bond acceptors (Lipinski definition) is 4. The highest BCUT2D eigenvalue weighted by molar-refractivity contribution is 9.10. The second-order valence-corrected chi connectivity index (χ2v) is 7.31. The summed E-state index contributed by atoms with van der Waals surface area (Å²) in [5.74, 6) is -0.405. The van der Waals surface area contributed by atoms with Crippen LogP contribution in [0, 0.1) is 0 Å². The number of aromatic nitrogens is 1. The first-order valence-corrected chi connectivity index (χ1v) is 8.66. The SMILES string of the molecule is NS(=O)(=O)c1ccc(NC(=O)c2ccc(Br)cn2)cc1Br. The summed E-state index contributed by atoms with van der Waals surface area (Å²) in [6, 6.07) is 7.47. The maximum Gasteiger partial charge on any atom is 0.274 e. The van der Waals surface area contributed by atoms with Gasteiger partial charge in [0, 0.05) is 20.8 Å². The van der Waals surface area contributed by atoms with Crippen LogP contribution in [0.5, 0.6) is 0 Å². The van der Waals surface area contributed by atoms with Gasteiger partial charge in [0.15, 0.2) is 0 Å². The van der Waals surface area contributed by atoms with Crippen molar-refractivity contribution in [3.63, 3.8) is 0 Å². The maximum absolute atomic E-state index is 12.0. The normalized spacial score (nSPS) is 11.2. The summed E-state index contributed by atoms with van der Waals surface area (Å²) in [5, 5.41) is 7.67. The Labute approximate surface area is 138 Å². The quantitative estimate of drug-likeness (QED) is 0.774. The summed E-state index contributed by atoms with van der Waals surface area (Å²) in [4.78, 5) is 15.9. The zero-order valence-electron chi connectivity index (χ0n) is 10.4. The number of hydrogen-bond donors (Lipinski definition) is 2. The number of sulfonamides is 1. The van der Waals surface area contributed by atoms with Gasteiger partial charge in [0.05, 0.1) is 4.90 Å². The van der Waals surface area contributed by atoms with Gasteiger partial charge in [-0.15, -0.1) is 0 Å². The van der Waals surface area contributed by atoms with Gasteiger partial charge in [-0.2, -0.15) is 0 Å². The molecule has 0 saturated carbocycles. The number of pyridine rings is 1. The highest BCUT2D eigenvalue weighted by Crippen LogP contribution is 2.24. The van der Waals surface area contributed by atoms with Crippen LogP contribution in [0.15, 0.2) is 50.4 Å². The Bertz CT molecular complexity index is 792. The fourth-order valence-corrected chi connectivity index (χ4v) is 3.39. The van der Waals surface area contributed by atoms with Crippen molar-refractivity contribution in [2.45, 2.75) is 4.90 Å². The Hall–Kier alpha value is -1.29. The number of anilines is 1. The van der Waals surface area contributed by atoms with E-state index < -0.39 is 15.9 Å². The number of benzene rings is 1. The Kier molecular flexibility index (Phi) is 4.77. The minimum absolute atomic E-state index is 0.0535. The van der Waals surface area contributed by atoms with Crippen molar-refractivity contribution in [1.29, 1.82) is 0 Å². The van der Waals surface area contributed by atoms with E-state index in [1.165, 1.54) is 24.4 Å². The van der Waals surface area contributed by atoms with Gasteiger partial charge >= 0.3 is 0 Å². The van der Waals surface area contributed by atoms with Crippen LogP contribution in [0.2, 0.25) is 0 Å². The number of rotatable bonds is 3. The Morgan fingerprint density at radius 3 is 2.43 bits per heavy atom. The summed E-state index contributed by atoms with van der Waals surface area (Å²) in [6.45, 7) is 0. The van der Waals surface area contributed by atoms with E-state index in [0.29, 0.717) is 5.69 Å². The molecule has 2 aromatic rings. The predicted octanol–water partition coefficient (Wildman–Crippen LogP) is 2.51. The summed E-state index contributed by atoms with van der Waals surface area (Å²) in [5.41, 5.74) is 0.661. The fourth-order valence-electron chi connectivity index (χ4n) is 1.51. The lowest BCUT2D eigenvalue weighted by molar-refractivity contribution is 0.102. The summed E-state index contributed by atoms with van der Waals surface area (Å²) >= 11 is 6.33.